The van der Waals surface area contributed by atoms with Crippen LogP contribution in [0.5, 0.6) is 0 Å². The molecule has 35 heavy (non-hydrogen) atoms. The summed E-state index contributed by atoms with van der Waals surface area (Å²) >= 11 is 0. The van der Waals surface area contributed by atoms with Crippen LogP contribution in [0.2, 0.25) is 0 Å². The van der Waals surface area contributed by atoms with Crippen molar-refractivity contribution in [2.45, 2.75) is 31.5 Å². The number of nitrogens with one attached hydrogen (secondary N) is 1. The minimum absolute atomic E-state index is 0.0202. The Labute approximate surface area is 202 Å². The van der Waals surface area contributed by atoms with E-state index in [1.54, 1.807) is 29.2 Å². The highest BCUT2D eigenvalue weighted by molar-refractivity contribution is 7.27. The molecule has 2 heterocycles. The lowest BCUT2D eigenvalue weighted by Crippen LogP contribution is -2.52. The van der Waals surface area contributed by atoms with E-state index >= 15 is 0 Å². The summed E-state index contributed by atoms with van der Waals surface area (Å²) in [5.41, 5.74) is 8.28. The molecule has 2 aliphatic rings. The molecular formula is C24H24F4N5OP. The molecule has 0 bridgehead atoms. The first-order valence-electron chi connectivity index (χ1n) is 11.0. The summed E-state index contributed by atoms with van der Waals surface area (Å²) in [6.07, 6.45) is -3.99. The van der Waals surface area contributed by atoms with Crippen molar-refractivity contribution >= 4 is 26.1 Å². The average molecular weight is 505 g/mol. The molecule has 0 radical (unpaired) electrons. The number of carbonyl (C=O) groups is 1. The summed E-state index contributed by atoms with van der Waals surface area (Å²) in [4.78, 5) is 16.1. The number of carbonyl (C=O) groups excluding carboxylic acids is 1. The second-order valence-corrected chi connectivity index (χ2v) is 9.20. The molecule has 6 nitrogen and oxygen atoms in total. The highest BCUT2D eigenvalue weighted by Crippen LogP contribution is 2.33. The Hall–Kier alpha value is -3.15. The number of rotatable bonds is 6. The van der Waals surface area contributed by atoms with Crippen LogP contribution in [0.1, 0.15) is 23.1 Å². The number of hydrogen-bond acceptors (Lipinski definition) is 5. The van der Waals surface area contributed by atoms with Crippen LogP contribution in [0.3, 0.4) is 0 Å². The number of halogens is 4. The van der Waals surface area contributed by atoms with Crippen LogP contribution < -0.4 is 16.4 Å². The Balaban J connectivity index is 1.49. The smallest absolute Gasteiger partial charge is 0.276 e. The van der Waals surface area contributed by atoms with Crippen molar-refractivity contribution in [1.82, 2.24) is 15.1 Å². The first-order chi connectivity index (χ1) is 16.7. The second-order valence-electron chi connectivity index (χ2n) is 8.58. The lowest BCUT2D eigenvalue weighted by molar-refractivity contribution is -0.132. The van der Waals surface area contributed by atoms with Crippen LogP contribution in [0, 0.1) is 23.0 Å². The summed E-state index contributed by atoms with van der Waals surface area (Å²) in [5.74, 6) is -1.47. The maximum atomic E-state index is 14.2. The van der Waals surface area contributed by atoms with Gasteiger partial charge in [0.05, 0.1) is 29.6 Å². The third kappa shape index (κ3) is 5.26. The number of nitriles is 1. The molecule has 3 unspecified atom stereocenters. The molecule has 0 aliphatic carbocycles. The highest BCUT2D eigenvalue weighted by Gasteiger charge is 2.41. The molecule has 2 aromatic carbocycles. The Kier molecular flexibility index (Phi) is 7.29. The van der Waals surface area contributed by atoms with E-state index in [0.29, 0.717) is 22.5 Å². The summed E-state index contributed by atoms with van der Waals surface area (Å²) in [6.45, 7) is 0.529. The molecule has 2 aromatic rings. The number of hydrogen-bond donors (Lipinski definition) is 2. The Bertz CT molecular complexity index is 1200. The van der Waals surface area contributed by atoms with Gasteiger partial charge in [0.1, 0.15) is 11.6 Å². The molecule has 0 aromatic heterocycles. The standard InChI is InChI=1S/C24H24F4N5OP/c25-17-10-20(35)18(26)8-15(17)7-16(30)9-21(34)32-5-6-33-19(12-32)22(31-24(33)23(27)28)14-3-1-13(11-29)2-4-14/h1-4,8,10,16,23-24,31H,5-7,9,12,30,35H2. The van der Waals surface area contributed by atoms with Gasteiger partial charge < -0.3 is 20.9 Å². The first-order valence-corrected chi connectivity index (χ1v) is 11.6. The molecule has 0 spiro atoms. The lowest BCUT2D eigenvalue weighted by atomic mass is 10.0. The van der Waals surface area contributed by atoms with Gasteiger partial charge >= 0.3 is 0 Å². The SMILES string of the molecule is N#Cc1ccc(C2=C3CN(C(=O)CC(N)Cc4cc(F)c(P)cc4F)CCN3C(C(F)F)N2)cc1. The quantitative estimate of drug-likeness (QED) is 0.465. The molecule has 1 saturated heterocycles. The van der Waals surface area contributed by atoms with E-state index in [1.165, 1.54) is 4.90 Å². The van der Waals surface area contributed by atoms with Crippen molar-refractivity contribution in [2.24, 2.45) is 5.73 Å². The summed E-state index contributed by atoms with van der Waals surface area (Å²) < 4.78 is 55.4. The van der Waals surface area contributed by atoms with Crippen LogP contribution in [-0.4, -0.2) is 54.0 Å². The fourth-order valence-electron chi connectivity index (χ4n) is 4.39. The van der Waals surface area contributed by atoms with Crippen LogP contribution >= 0.6 is 9.24 Å². The van der Waals surface area contributed by atoms with E-state index < -0.39 is 30.3 Å². The third-order valence-corrected chi connectivity index (χ3v) is 6.64. The summed E-state index contributed by atoms with van der Waals surface area (Å²) in [5, 5.41) is 12.0. The molecule has 184 valence electrons. The van der Waals surface area contributed by atoms with Gasteiger partial charge in [-0.15, -0.1) is 9.24 Å². The zero-order chi connectivity index (χ0) is 25.3. The number of piperazine rings is 1. The van der Waals surface area contributed by atoms with Gasteiger partial charge in [-0.05, 0) is 41.8 Å². The van der Waals surface area contributed by atoms with E-state index in [2.05, 4.69) is 14.6 Å². The van der Waals surface area contributed by atoms with Gasteiger partial charge in [0.25, 0.3) is 6.43 Å². The van der Waals surface area contributed by atoms with Crippen molar-refractivity contribution in [2.75, 3.05) is 19.6 Å². The van der Waals surface area contributed by atoms with E-state index in [1.807, 2.05) is 6.07 Å². The molecule has 0 saturated carbocycles. The van der Waals surface area contributed by atoms with Gasteiger partial charge in [-0.2, -0.15) is 5.26 Å². The molecule has 1 fully saturated rings. The zero-order valence-electron chi connectivity index (χ0n) is 18.6. The van der Waals surface area contributed by atoms with E-state index in [0.717, 1.165) is 12.1 Å². The van der Waals surface area contributed by atoms with E-state index in [4.69, 9.17) is 11.0 Å². The maximum absolute atomic E-state index is 14.2. The monoisotopic (exact) mass is 505 g/mol. The van der Waals surface area contributed by atoms with Crippen molar-refractivity contribution in [1.29, 1.82) is 5.26 Å². The van der Waals surface area contributed by atoms with Crippen molar-refractivity contribution in [3.05, 3.63) is 70.4 Å². The first kappa shape index (κ1) is 25.0. The van der Waals surface area contributed by atoms with Gasteiger partial charge in [0.15, 0.2) is 6.17 Å². The van der Waals surface area contributed by atoms with Gasteiger partial charge in [-0.25, -0.2) is 17.6 Å². The largest absolute Gasteiger partial charge is 0.359 e. The minimum atomic E-state index is -2.65. The molecule has 2 aliphatic heterocycles. The lowest BCUT2D eigenvalue weighted by Gasteiger charge is -2.38. The van der Waals surface area contributed by atoms with Crippen molar-refractivity contribution in [3.8, 4) is 6.07 Å². The van der Waals surface area contributed by atoms with Gasteiger partial charge in [0, 0.05) is 30.9 Å². The number of fused-ring (bicyclic) bond motifs is 1. The van der Waals surface area contributed by atoms with Gasteiger partial charge in [0.2, 0.25) is 5.91 Å². The van der Waals surface area contributed by atoms with Crippen LogP contribution in [-0.2, 0) is 11.2 Å². The van der Waals surface area contributed by atoms with Gasteiger partial charge in [-0.3, -0.25) is 4.79 Å². The molecular weight excluding hydrogens is 481 g/mol. The summed E-state index contributed by atoms with van der Waals surface area (Å²) in [7, 11) is 2.11. The van der Waals surface area contributed by atoms with Crippen LogP contribution in [0.15, 0.2) is 42.1 Å². The fraction of sp³-hybridized carbons (Fsp3) is 0.333. The normalized spacial score (nSPS) is 18.4. The van der Waals surface area contributed by atoms with Crippen molar-refractivity contribution in [3.63, 3.8) is 0 Å². The Morgan fingerprint density at radius 2 is 1.91 bits per heavy atom. The zero-order valence-corrected chi connectivity index (χ0v) is 19.8. The average Bonchev–Trinajstić information content (AvgIpc) is 3.21. The molecule has 11 heteroatoms. The number of amides is 1. The topological polar surface area (TPSA) is 85.4 Å². The molecule has 3 atom stereocenters. The number of nitrogens with two attached hydrogens (primary N) is 1. The van der Waals surface area contributed by atoms with Crippen LogP contribution in [0.4, 0.5) is 17.6 Å². The Morgan fingerprint density at radius 1 is 1.20 bits per heavy atom. The minimum Gasteiger partial charge on any atom is -0.359 e. The van der Waals surface area contributed by atoms with E-state index in [-0.39, 0.29) is 49.3 Å². The fourth-order valence-corrected chi connectivity index (χ4v) is 4.62. The predicted molar refractivity (Wildman–Crippen MR) is 126 cm³/mol. The molecule has 1 amide bonds. The maximum Gasteiger partial charge on any atom is 0.276 e. The predicted octanol–water partition coefficient (Wildman–Crippen LogP) is 2.30. The number of benzene rings is 2. The number of alkyl halides is 2. The van der Waals surface area contributed by atoms with E-state index in [9.17, 15) is 22.4 Å². The molecule has 3 N–H and O–H groups in total. The van der Waals surface area contributed by atoms with Crippen molar-refractivity contribution < 1.29 is 22.4 Å². The van der Waals surface area contributed by atoms with Crippen LogP contribution in [0.25, 0.3) is 5.70 Å². The van der Waals surface area contributed by atoms with Gasteiger partial charge in [-0.1, -0.05) is 12.1 Å². The third-order valence-electron chi connectivity index (χ3n) is 6.19. The number of nitrogens with zero attached hydrogens (tertiary/aromatic N) is 3. The second kappa shape index (κ2) is 10.2. The highest BCUT2D eigenvalue weighted by atomic mass is 31.0. The molecule has 4 rings (SSSR count). The summed E-state index contributed by atoms with van der Waals surface area (Å²) in [6, 6.07) is 9.95. The Morgan fingerprint density at radius 3 is 2.57 bits per heavy atom.